The number of phenols is 1. The number of hydrogen-bond donors (Lipinski definition) is 12. The molecule has 21 nitrogen and oxygen atoms in total. The van der Waals surface area contributed by atoms with E-state index in [4.69, 9.17) is 16.6 Å². The molecule has 0 spiro atoms. The summed E-state index contributed by atoms with van der Waals surface area (Å²) < 4.78 is 0. The van der Waals surface area contributed by atoms with Crippen molar-refractivity contribution in [3.05, 3.63) is 29.8 Å². The molecule has 50 heavy (non-hydrogen) atoms. The van der Waals surface area contributed by atoms with Gasteiger partial charge < -0.3 is 64.2 Å². The Kier molecular flexibility index (Phi) is 19.8. The van der Waals surface area contributed by atoms with E-state index in [9.17, 15) is 48.3 Å². The lowest BCUT2D eigenvalue weighted by atomic mass is 10.0. The van der Waals surface area contributed by atoms with Crippen molar-refractivity contribution in [1.29, 1.82) is 0 Å². The average Bonchev–Trinajstić information content (AvgIpc) is 3.09. The zero-order valence-corrected chi connectivity index (χ0v) is 27.2. The van der Waals surface area contributed by atoms with Crippen molar-refractivity contribution in [3.63, 3.8) is 0 Å². The van der Waals surface area contributed by atoms with Crippen LogP contribution in [0.2, 0.25) is 0 Å². The van der Waals surface area contributed by atoms with Crippen LogP contribution in [-0.4, -0.2) is 128 Å². The SMILES string of the molecule is NCCCC[C@H](NC(=O)CNC(=O)CNC(=O)CNC(=O)CN)C(=O)N[C@@H](Cc1ccc(O)cc1)C(=O)NCC(=O)NCC(=O)NCC(=O)O. The zero-order chi connectivity index (χ0) is 37.5. The highest BCUT2D eigenvalue weighted by molar-refractivity contribution is 5.95. The summed E-state index contributed by atoms with van der Waals surface area (Å²) in [5.41, 5.74) is 11.2. The van der Waals surface area contributed by atoms with Crippen LogP contribution in [0.4, 0.5) is 0 Å². The number of carbonyl (C=O) groups excluding carboxylic acids is 8. The molecule has 0 aliphatic carbocycles. The monoisotopic (exact) mass is 708 g/mol. The van der Waals surface area contributed by atoms with Gasteiger partial charge in [0.05, 0.1) is 39.3 Å². The average molecular weight is 709 g/mol. The van der Waals surface area contributed by atoms with Crippen molar-refractivity contribution in [2.45, 2.75) is 37.8 Å². The van der Waals surface area contributed by atoms with Crippen LogP contribution in [0.5, 0.6) is 5.75 Å². The van der Waals surface area contributed by atoms with Gasteiger partial charge in [-0.3, -0.25) is 43.2 Å². The molecule has 2 atom stereocenters. The van der Waals surface area contributed by atoms with Crippen LogP contribution in [0.3, 0.4) is 0 Å². The van der Waals surface area contributed by atoms with Crippen molar-refractivity contribution in [3.8, 4) is 5.75 Å². The number of amides is 8. The number of benzene rings is 1. The van der Waals surface area contributed by atoms with Crippen molar-refractivity contribution in [1.82, 2.24) is 42.5 Å². The van der Waals surface area contributed by atoms with Crippen LogP contribution in [0.1, 0.15) is 24.8 Å². The number of aliphatic carboxylic acids is 1. The molecule has 0 fully saturated rings. The van der Waals surface area contributed by atoms with Gasteiger partial charge in [0.1, 0.15) is 24.4 Å². The molecule has 21 heteroatoms. The number of carboxylic acid groups (broad SMARTS) is 1. The Bertz CT molecular complexity index is 1360. The second kappa shape index (κ2) is 23.5. The second-order valence-electron chi connectivity index (χ2n) is 10.5. The van der Waals surface area contributed by atoms with Crippen LogP contribution in [-0.2, 0) is 49.6 Å². The van der Waals surface area contributed by atoms with E-state index in [1.54, 1.807) is 0 Å². The number of rotatable bonds is 23. The van der Waals surface area contributed by atoms with E-state index in [0.29, 0.717) is 24.9 Å². The topological polar surface area (TPSA) is 342 Å². The molecule has 0 radical (unpaired) electrons. The maximum atomic E-state index is 13.4. The Hall–Kier alpha value is -5.83. The highest BCUT2D eigenvalue weighted by Crippen LogP contribution is 2.12. The third kappa shape index (κ3) is 19.1. The van der Waals surface area contributed by atoms with Crippen LogP contribution in [0, 0.1) is 0 Å². The molecular weight excluding hydrogens is 664 g/mol. The Morgan fingerprint density at radius 3 is 1.54 bits per heavy atom. The van der Waals surface area contributed by atoms with Crippen molar-refractivity contribution >= 4 is 53.2 Å². The molecule has 276 valence electrons. The first-order valence-corrected chi connectivity index (χ1v) is 15.3. The van der Waals surface area contributed by atoms with E-state index in [1.165, 1.54) is 24.3 Å². The maximum absolute atomic E-state index is 13.4. The smallest absolute Gasteiger partial charge is 0.322 e. The summed E-state index contributed by atoms with van der Waals surface area (Å²) in [5.74, 6) is -7.21. The number of nitrogens with two attached hydrogens (primary N) is 2. The molecule has 0 saturated heterocycles. The van der Waals surface area contributed by atoms with Crippen molar-refractivity contribution < 1.29 is 53.4 Å². The first-order chi connectivity index (χ1) is 23.7. The van der Waals surface area contributed by atoms with E-state index in [1.807, 2.05) is 0 Å². The summed E-state index contributed by atoms with van der Waals surface area (Å²) >= 11 is 0. The Morgan fingerprint density at radius 1 is 0.560 bits per heavy atom. The molecule has 1 rings (SSSR count). The highest BCUT2D eigenvalue weighted by Gasteiger charge is 2.27. The summed E-state index contributed by atoms with van der Waals surface area (Å²) in [5, 5.41) is 36.6. The minimum atomic E-state index is -1.29. The minimum Gasteiger partial charge on any atom is -0.508 e. The van der Waals surface area contributed by atoms with Gasteiger partial charge in [-0.2, -0.15) is 0 Å². The van der Waals surface area contributed by atoms with Gasteiger partial charge in [-0.05, 0) is 43.5 Å². The van der Waals surface area contributed by atoms with Gasteiger partial charge in [-0.15, -0.1) is 0 Å². The number of hydrogen-bond acceptors (Lipinski definition) is 12. The highest BCUT2D eigenvalue weighted by atomic mass is 16.4. The van der Waals surface area contributed by atoms with Gasteiger partial charge in [0, 0.05) is 6.42 Å². The lowest BCUT2D eigenvalue weighted by molar-refractivity contribution is -0.138. The first-order valence-electron chi connectivity index (χ1n) is 15.3. The van der Waals surface area contributed by atoms with Crippen molar-refractivity contribution in [2.75, 3.05) is 52.4 Å². The third-order valence-corrected chi connectivity index (χ3v) is 6.44. The molecule has 0 aliphatic heterocycles. The summed E-state index contributed by atoms with van der Waals surface area (Å²) in [7, 11) is 0. The zero-order valence-electron chi connectivity index (χ0n) is 27.2. The van der Waals surface area contributed by atoms with Crippen molar-refractivity contribution in [2.24, 2.45) is 11.5 Å². The van der Waals surface area contributed by atoms with Crippen LogP contribution < -0.4 is 54.0 Å². The number of phenolic OH excluding ortho intramolecular Hbond substituents is 1. The molecule has 1 aromatic rings. The van der Waals surface area contributed by atoms with E-state index in [2.05, 4.69) is 42.5 Å². The molecule has 1 aromatic carbocycles. The molecule has 0 bridgehead atoms. The number of unbranched alkanes of at least 4 members (excludes halogenated alkanes) is 1. The Morgan fingerprint density at radius 2 is 1.04 bits per heavy atom. The first kappa shape index (κ1) is 42.2. The molecule has 0 aromatic heterocycles. The Labute approximate surface area is 286 Å². The third-order valence-electron chi connectivity index (χ3n) is 6.44. The molecule has 0 unspecified atom stereocenters. The van der Waals surface area contributed by atoms with Gasteiger partial charge in [0.25, 0.3) is 0 Å². The lowest BCUT2D eigenvalue weighted by Crippen LogP contribution is -2.56. The largest absolute Gasteiger partial charge is 0.508 e. The summed E-state index contributed by atoms with van der Waals surface area (Å²) in [4.78, 5) is 108. The van der Waals surface area contributed by atoms with Crippen LogP contribution >= 0.6 is 0 Å². The number of nitrogens with one attached hydrogen (secondary N) is 8. The predicted octanol–water partition coefficient (Wildman–Crippen LogP) is -6.23. The lowest BCUT2D eigenvalue weighted by Gasteiger charge is -2.23. The number of aromatic hydroxyl groups is 1. The molecule has 8 amide bonds. The summed E-state index contributed by atoms with van der Waals surface area (Å²) in [6.45, 7) is -3.30. The van der Waals surface area contributed by atoms with E-state index >= 15 is 0 Å². The van der Waals surface area contributed by atoms with Gasteiger partial charge >= 0.3 is 5.97 Å². The molecule has 0 aliphatic rings. The Balaban J connectivity index is 2.86. The minimum absolute atomic E-state index is 0.0454. The number of carboxylic acids is 1. The van der Waals surface area contributed by atoms with Gasteiger partial charge in [-0.25, -0.2) is 0 Å². The van der Waals surface area contributed by atoms with Crippen LogP contribution in [0.15, 0.2) is 24.3 Å². The molecule has 0 saturated carbocycles. The van der Waals surface area contributed by atoms with E-state index in [-0.39, 0.29) is 25.1 Å². The van der Waals surface area contributed by atoms with Gasteiger partial charge in [0.15, 0.2) is 0 Å². The fraction of sp³-hybridized carbons (Fsp3) is 0.483. The second-order valence-corrected chi connectivity index (χ2v) is 10.5. The number of carbonyl (C=O) groups is 9. The summed E-state index contributed by atoms with van der Waals surface area (Å²) in [6.07, 6.45) is 0.914. The van der Waals surface area contributed by atoms with Gasteiger partial charge in [0.2, 0.25) is 47.3 Å². The fourth-order valence-electron chi connectivity index (χ4n) is 3.86. The maximum Gasteiger partial charge on any atom is 0.322 e. The van der Waals surface area contributed by atoms with E-state index < -0.39 is 105 Å². The fourth-order valence-corrected chi connectivity index (χ4v) is 3.86. The molecule has 14 N–H and O–H groups in total. The summed E-state index contributed by atoms with van der Waals surface area (Å²) in [6, 6.07) is 3.28. The van der Waals surface area contributed by atoms with E-state index in [0.717, 1.165) is 0 Å². The normalized spacial score (nSPS) is 11.5. The molecule has 0 heterocycles. The predicted molar refractivity (Wildman–Crippen MR) is 173 cm³/mol. The van der Waals surface area contributed by atoms with Crippen LogP contribution in [0.25, 0.3) is 0 Å². The molecular formula is C29H44N10O11. The standard InChI is InChI=1S/C29H44N10O11/c30-8-2-1-3-19(38-26(46)15-35-23(43)12-33-22(42)11-32-21(41)10-31)29(50)39-20(9-17-4-6-18(40)7-5-17)28(49)37-14-25(45)34-13-24(44)36-16-27(47)48/h4-7,19-20,40H,1-3,8-16,30-31H2,(H,32,41)(H,33,42)(H,34,45)(H,35,43)(H,36,44)(H,37,49)(H,38,46)(H,39,50)(H,47,48)/t19-,20-/m0/s1. The van der Waals surface area contributed by atoms with Gasteiger partial charge in [-0.1, -0.05) is 12.1 Å². The quantitative estimate of drug-likeness (QED) is 0.0471.